The first kappa shape index (κ1) is 12.6. The van der Waals surface area contributed by atoms with Gasteiger partial charge in [-0.2, -0.15) is 0 Å². The number of nitrogens with zero attached hydrogens (tertiary/aromatic N) is 1. The lowest BCUT2D eigenvalue weighted by atomic mass is 10.0. The van der Waals surface area contributed by atoms with Gasteiger partial charge >= 0.3 is 0 Å². The molecular weight excluding hydrogens is 236 g/mol. The first-order valence-electron chi connectivity index (χ1n) is 5.76. The normalized spacial score (nSPS) is 18.2. The summed E-state index contributed by atoms with van der Waals surface area (Å²) in [6, 6.07) is 6.60. The van der Waals surface area contributed by atoms with Crippen LogP contribution in [0.3, 0.4) is 0 Å². The van der Waals surface area contributed by atoms with E-state index >= 15 is 0 Å². The molecule has 1 fully saturated rings. The lowest BCUT2D eigenvalue weighted by molar-refractivity contribution is -0.0560. The fourth-order valence-corrected chi connectivity index (χ4v) is 2.11. The summed E-state index contributed by atoms with van der Waals surface area (Å²) in [5.74, 6) is -0.805. The summed E-state index contributed by atoms with van der Waals surface area (Å²) in [6.07, 6.45) is 5.46. The summed E-state index contributed by atoms with van der Waals surface area (Å²) in [6.45, 7) is -0.169. The van der Waals surface area contributed by atoms with Crippen LogP contribution in [0.2, 0.25) is 0 Å². The topological polar surface area (TPSA) is 20.3 Å². The highest BCUT2D eigenvalue weighted by atomic mass is 19.3. The van der Waals surface area contributed by atoms with Crippen LogP contribution >= 0.6 is 0 Å². The van der Waals surface area contributed by atoms with Crippen LogP contribution in [-0.4, -0.2) is 29.8 Å². The molecule has 1 amide bonds. The van der Waals surface area contributed by atoms with E-state index in [9.17, 15) is 13.6 Å². The van der Waals surface area contributed by atoms with E-state index in [1.165, 1.54) is 4.90 Å². The Bertz CT molecular complexity index is 505. The van der Waals surface area contributed by atoms with Crippen molar-refractivity contribution in [1.82, 2.24) is 4.90 Å². The number of benzene rings is 1. The molecule has 0 radical (unpaired) electrons. The molecule has 2 rings (SSSR count). The highest BCUT2D eigenvalue weighted by molar-refractivity contribution is 5.96. The molecule has 1 aromatic rings. The summed E-state index contributed by atoms with van der Waals surface area (Å²) in [5.41, 5.74) is 0.758. The van der Waals surface area contributed by atoms with Gasteiger partial charge < -0.3 is 4.90 Å². The number of piperidine rings is 1. The summed E-state index contributed by atoms with van der Waals surface area (Å²) < 4.78 is 26.6. The summed E-state index contributed by atoms with van der Waals surface area (Å²) in [5, 5.41) is 0. The van der Waals surface area contributed by atoms with Gasteiger partial charge in [0.15, 0.2) is 0 Å². The van der Waals surface area contributed by atoms with Crippen LogP contribution < -0.4 is 0 Å². The van der Waals surface area contributed by atoms with Crippen LogP contribution in [-0.2, 0) is 0 Å². The van der Waals surface area contributed by atoms with Gasteiger partial charge in [-0.05, 0) is 18.6 Å². The number of carbonyl (C=O) groups excluding carboxylic acids is 1. The van der Waals surface area contributed by atoms with Crippen LogP contribution in [0, 0.1) is 12.3 Å². The van der Waals surface area contributed by atoms with Crippen molar-refractivity contribution in [3.05, 3.63) is 35.4 Å². The number of hydrogen-bond donors (Lipinski definition) is 0. The molecule has 1 aliphatic heterocycles. The number of alkyl halides is 2. The zero-order chi connectivity index (χ0) is 13.2. The van der Waals surface area contributed by atoms with E-state index in [1.54, 1.807) is 24.3 Å². The Kier molecular flexibility index (Phi) is 3.33. The van der Waals surface area contributed by atoms with E-state index in [-0.39, 0.29) is 6.42 Å². The van der Waals surface area contributed by atoms with Crippen molar-refractivity contribution >= 4 is 5.91 Å². The fraction of sp³-hybridized carbons (Fsp3) is 0.357. The van der Waals surface area contributed by atoms with Gasteiger partial charge in [0.1, 0.15) is 0 Å². The predicted octanol–water partition coefficient (Wildman–Crippen LogP) is 2.54. The average Bonchev–Trinajstić information content (AvgIpc) is 2.36. The van der Waals surface area contributed by atoms with Crippen molar-refractivity contribution in [2.75, 3.05) is 13.1 Å². The van der Waals surface area contributed by atoms with Crippen LogP contribution in [0.4, 0.5) is 8.78 Å². The largest absolute Gasteiger partial charge is 0.333 e. The molecule has 1 aliphatic rings. The second-order valence-electron chi connectivity index (χ2n) is 4.38. The maximum atomic E-state index is 13.3. The Morgan fingerprint density at radius 3 is 2.78 bits per heavy atom. The molecular formula is C14H13F2NO. The Hall–Kier alpha value is -1.89. The lowest BCUT2D eigenvalue weighted by Crippen LogP contribution is -2.45. The number of halogens is 2. The molecule has 18 heavy (non-hydrogen) atoms. The maximum absolute atomic E-state index is 13.3. The number of amides is 1. The van der Waals surface area contributed by atoms with E-state index in [0.717, 1.165) is 0 Å². The Labute approximate surface area is 105 Å². The van der Waals surface area contributed by atoms with Crippen LogP contribution in [0.15, 0.2) is 24.3 Å². The molecule has 0 N–H and O–H groups in total. The molecule has 0 saturated carbocycles. The maximum Gasteiger partial charge on any atom is 0.265 e. The first-order chi connectivity index (χ1) is 8.53. The standard InChI is InChI=1S/C14H13F2NO/c1-2-11-6-3-4-7-12(11)13(18)17-9-5-8-14(15,16)10-17/h1,3-4,6-7H,5,8-10H2. The van der Waals surface area contributed by atoms with Crippen molar-refractivity contribution < 1.29 is 13.6 Å². The minimum atomic E-state index is -2.79. The molecule has 0 spiro atoms. The number of hydrogen-bond acceptors (Lipinski definition) is 1. The minimum Gasteiger partial charge on any atom is -0.333 e. The smallest absolute Gasteiger partial charge is 0.265 e. The van der Waals surface area contributed by atoms with Crippen molar-refractivity contribution in [3.8, 4) is 12.3 Å². The Morgan fingerprint density at radius 1 is 1.39 bits per heavy atom. The van der Waals surface area contributed by atoms with Crippen LogP contribution in [0.1, 0.15) is 28.8 Å². The van der Waals surface area contributed by atoms with Crippen molar-refractivity contribution in [1.29, 1.82) is 0 Å². The van der Waals surface area contributed by atoms with Crippen molar-refractivity contribution in [3.63, 3.8) is 0 Å². The quantitative estimate of drug-likeness (QED) is 0.700. The first-order valence-corrected chi connectivity index (χ1v) is 5.76. The van der Waals surface area contributed by atoms with Gasteiger partial charge in [-0.15, -0.1) is 6.42 Å². The number of carbonyl (C=O) groups is 1. The SMILES string of the molecule is C#Cc1ccccc1C(=O)N1CCCC(F)(F)C1. The summed E-state index contributed by atoms with van der Waals surface area (Å²) >= 11 is 0. The van der Waals surface area contributed by atoms with E-state index in [1.807, 2.05) is 0 Å². The predicted molar refractivity (Wildman–Crippen MR) is 64.5 cm³/mol. The monoisotopic (exact) mass is 249 g/mol. The van der Waals surface area contributed by atoms with Gasteiger partial charge in [0.25, 0.3) is 11.8 Å². The molecule has 0 aromatic heterocycles. The van der Waals surface area contributed by atoms with Gasteiger partial charge in [-0.3, -0.25) is 4.79 Å². The molecule has 4 heteroatoms. The van der Waals surface area contributed by atoms with Gasteiger partial charge in [0.05, 0.1) is 12.1 Å². The molecule has 1 aromatic carbocycles. The molecule has 1 saturated heterocycles. The number of likely N-dealkylation sites (tertiary alicyclic amines) is 1. The second kappa shape index (κ2) is 4.77. The molecule has 0 aliphatic carbocycles. The molecule has 0 bridgehead atoms. The zero-order valence-electron chi connectivity index (χ0n) is 9.83. The number of rotatable bonds is 1. The van der Waals surface area contributed by atoms with E-state index in [4.69, 9.17) is 6.42 Å². The number of terminal acetylenes is 1. The summed E-state index contributed by atoms with van der Waals surface area (Å²) in [4.78, 5) is 13.3. The molecule has 1 heterocycles. The second-order valence-corrected chi connectivity index (χ2v) is 4.38. The molecule has 94 valence electrons. The van der Waals surface area contributed by atoms with E-state index in [0.29, 0.717) is 24.1 Å². The Balaban J connectivity index is 2.24. The zero-order valence-corrected chi connectivity index (χ0v) is 9.83. The van der Waals surface area contributed by atoms with Crippen LogP contribution in [0.25, 0.3) is 0 Å². The van der Waals surface area contributed by atoms with Gasteiger partial charge in [-0.1, -0.05) is 18.1 Å². The molecule has 2 nitrogen and oxygen atoms in total. The molecule has 0 unspecified atom stereocenters. The van der Waals surface area contributed by atoms with Gasteiger partial charge in [-0.25, -0.2) is 8.78 Å². The highest BCUT2D eigenvalue weighted by Crippen LogP contribution is 2.27. The third-order valence-corrected chi connectivity index (χ3v) is 2.99. The van der Waals surface area contributed by atoms with Gasteiger partial charge in [0.2, 0.25) is 0 Å². The summed E-state index contributed by atoms with van der Waals surface area (Å²) in [7, 11) is 0. The lowest BCUT2D eigenvalue weighted by Gasteiger charge is -2.32. The van der Waals surface area contributed by atoms with E-state index < -0.39 is 18.4 Å². The van der Waals surface area contributed by atoms with Crippen molar-refractivity contribution in [2.24, 2.45) is 0 Å². The minimum absolute atomic E-state index is 0.159. The third-order valence-electron chi connectivity index (χ3n) is 2.99. The third kappa shape index (κ3) is 2.51. The average molecular weight is 249 g/mol. The van der Waals surface area contributed by atoms with Crippen molar-refractivity contribution in [2.45, 2.75) is 18.8 Å². The fourth-order valence-electron chi connectivity index (χ4n) is 2.11. The molecule has 0 atom stereocenters. The Morgan fingerprint density at radius 2 is 2.11 bits per heavy atom. The highest BCUT2D eigenvalue weighted by Gasteiger charge is 2.37. The van der Waals surface area contributed by atoms with Crippen LogP contribution in [0.5, 0.6) is 0 Å². The van der Waals surface area contributed by atoms with E-state index in [2.05, 4.69) is 5.92 Å². The van der Waals surface area contributed by atoms with Gasteiger partial charge in [0, 0.05) is 18.5 Å².